The number of thioether (sulfide) groups is 1. The molecule has 0 bridgehead atoms. The predicted molar refractivity (Wildman–Crippen MR) is 76.9 cm³/mol. The van der Waals surface area contributed by atoms with E-state index in [2.05, 4.69) is 36.3 Å². The highest BCUT2D eigenvalue weighted by Crippen LogP contribution is 2.21. The lowest BCUT2D eigenvalue weighted by molar-refractivity contribution is -0.117. The van der Waals surface area contributed by atoms with E-state index in [1.54, 1.807) is 11.8 Å². The van der Waals surface area contributed by atoms with Crippen LogP contribution in [0.3, 0.4) is 0 Å². The summed E-state index contributed by atoms with van der Waals surface area (Å²) in [5, 5.41) is 9.72. The Morgan fingerprint density at radius 3 is 2.78 bits per heavy atom. The molecule has 1 amide bonds. The number of nitrogens with two attached hydrogens (primary N) is 1. The number of amides is 1. The van der Waals surface area contributed by atoms with E-state index in [4.69, 9.17) is 5.73 Å². The summed E-state index contributed by atoms with van der Waals surface area (Å²) in [7, 11) is 0. The van der Waals surface area contributed by atoms with Gasteiger partial charge < -0.3 is 11.1 Å². The molecule has 1 atom stereocenters. The lowest BCUT2D eigenvalue weighted by Gasteiger charge is -2.14. The van der Waals surface area contributed by atoms with Gasteiger partial charge in [-0.2, -0.15) is 16.9 Å². The SMILES string of the molecule is CSCC[C@H](N)C(=O)Nc1cc(C(C)(C)C)[nH]n1. The van der Waals surface area contributed by atoms with Crippen molar-refractivity contribution in [3.05, 3.63) is 11.8 Å². The number of nitrogens with zero attached hydrogens (tertiary/aromatic N) is 1. The number of hydrogen-bond acceptors (Lipinski definition) is 4. The van der Waals surface area contributed by atoms with Crippen LogP contribution in [0.1, 0.15) is 32.9 Å². The van der Waals surface area contributed by atoms with Crippen molar-refractivity contribution in [2.75, 3.05) is 17.3 Å². The first-order valence-corrected chi connectivity index (χ1v) is 7.35. The third-order valence-electron chi connectivity index (χ3n) is 2.61. The zero-order valence-corrected chi connectivity index (χ0v) is 12.2. The first-order chi connectivity index (χ1) is 8.34. The van der Waals surface area contributed by atoms with E-state index in [1.165, 1.54) is 0 Å². The molecule has 0 fully saturated rings. The number of rotatable bonds is 5. The molecule has 18 heavy (non-hydrogen) atoms. The molecule has 0 radical (unpaired) electrons. The smallest absolute Gasteiger partial charge is 0.242 e. The highest BCUT2D eigenvalue weighted by molar-refractivity contribution is 7.98. The van der Waals surface area contributed by atoms with Gasteiger partial charge in [-0.3, -0.25) is 9.89 Å². The molecule has 102 valence electrons. The van der Waals surface area contributed by atoms with Crippen molar-refractivity contribution < 1.29 is 4.79 Å². The Kier molecular flexibility index (Phi) is 5.22. The molecular weight excluding hydrogens is 248 g/mol. The monoisotopic (exact) mass is 270 g/mol. The van der Waals surface area contributed by atoms with Crippen molar-refractivity contribution in [1.82, 2.24) is 10.2 Å². The van der Waals surface area contributed by atoms with Crippen molar-refractivity contribution in [3.63, 3.8) is 0 Å². The number of nitrogens with one attached hydrogen (secondary N) is 2. The van der Waals surface area contributed by atoms with E-state index in [9.17, 15) is 4.79 Å². The molecule has 5 nitrogen and oxygen atoms in total. The van der Waals surface area contributed by atoms with Gasteiger partial charge in [0.25, 0.3) is 0 Å². The second-order valence-corrected chi connectivity index (χ2v) is 6.28. The Balaban J connectivity index is 2.57. The van der Waals surface area contributed by atoms with Crippen LogP contribution in [0.5, 0.6) is 0 Å². The van der Waals surface area contributed by atoms with E-state index >= 15 is 0 Å². The lowest BCUT2D eigenvalue weighted by atomic mass is 9.92. The molecule has 0 spiro atoms. The van der Waals surface area contributed by atoms with Crippen LogP contribution in [0.2, 0.25) is 0 Å². The van der Waals surface area contributed by atoms with Crippen molar-refractivity contribution >= 4 is 23.5 Å². The maximum atomic E-state index is 11.8. The molecule has 0 aliphatic heterocycles. The van der Waals surface area contributed by atoms with Crippen LogP contribution in [0.25, 0.3) is 0 Å². The van der Waals surface area contributed by atoms with Crippen LogP contribution >= 0.6 is 11.8 Å². The van der Waals surface area contributed by atoms with Gasteiger partial charge in [0.05, 0.1) is 6.04 Å². The fourth-order valence-corrected chi connectivity index (χ4v) is 1.85. The third kappa shape index (κ3) is 4.34. The summed E-state index contributed by atoms with van der Waals surface area (Å²) >= 11 is 1.68. The zero-order chi connectivity index (χ0) is 13.8. The van der Waals surface area contributed by atoms with E-state index in [-0.39, 0.29) is 11.3 Å². The molecule has 1 heterocycles. The second kappa shape index (κ2) is 6.24. The van der Waals surface area contributed by atoms with Crippen molar-refractivity contribution in [3.8, 4) is 0 Å². The van der Waals surface area contributed by atoms with Crippen LogP contribution < -0.4 is 11.1 Å². The van der Waals surface area contributed by atoms with Gasteiger partial charge in [0, 0.05) is 17.2 Å². The molecule has 1 aromatic heterocycles. The number of carbonyl (C=O) groups is 1. The molecule has 0 saturated carbocycles. The molecule has 6 heteroatoms. The van der Waals surface area contributed by atoms with Crippen LogP contribution in [-0.4, -0.2) is 34.2 Å². The maximum absolute atomic E-state index is 11.8. The molecule has 0 saturated heterocycles. The topological polar surface area (TPSA) is 83.8 Å². The van der Waals surface area contributed by atoms with Crippen LogP contribution in [0.15, 0.2) is 6.07 Å². The Labute approximate surface area is 112 Å². The zero-order valence-electron chi connectivity index (χ0n) is 11.4. The number of aromatic amines is 1. The Hall–Kier alpha value is -1.01. The van der Waals surface area contributed by atoms with Crippen LogP contribution in [0, 0.1) is 0 Å². The highest BCUT2D eigenvalue weighted by Gasteiger charge is 2.19. The van der Waals surface area contributed by atoms with E-state index < -0.39 is 6.04 Å². The maximum Gasteiger partial charge on any atom is 0.242 e. The van der Waals surface area contributed by atoms with Gasteiger partial charge in [-0.05, 0) is 18.4 Å². The van der Waals surface area contributed by atoms with Gasteiger partial charge >= 0.3 is 0 Å². The Bertz CT molecular complexity index is 397. The van der Waals surface area contributed by atoms with Gasteiger partial charge in [0.15, 0.2) is 5.82 Å². The average Bonchev–Trinajstić information content (AvgIpc) is 2.73. The Morgan fingerprint density at radius 2 is 2.28 bits per heavy atom. The quantitative estimate of drug-likeness (QED) is 0.760. The Morgan fingerprint density at radius 1 is 1.61 bits per heavy atom. The van der Waals surface area contributed by atoms with Gasteiger partial charge in [0.2, 0.25) is 5.91 Å². The van der Waals surface area contributed by atoms with E-state index in [0.29, 0.717) is 12.2 Å². The minimum Gasteiger partial charge on any atom is -0.320 e. The normalized spacial score (nSPS) is 13.4. The number of H-pyrrole nitrogens is 1. The van der Waals surface area contributed by atoms with E-state index in [0.717, 1.165) is 11.4 Å². The fourth-order valence-electron chi connectivity index (χ4n) is 1.36. The fraction of sp³-hybridized carbons (Fsp3) is 0.667. The first kappa shape index (κ1) is 15.0. The predicted octanol–water partition coefficient (Wildman–Crippen LogP) is 1.73. The molecule has 0 aliphatic rings. The van der Waals surface area contributed by atoms with Crippen molar-refractivity contribution in [2.45, 2.75) is 38.6 Å². The molecular formula is C12H22N4OS. The van der Waals surface area contributed by atoms with Crippen LogP contribution in [0.4, 0.5) is 5.82 Å². The summed E-state index contributed by atoms with van der Waals surface area (Å²) < 4.78 is 0. The van der Waals surface area contributed by atoms with Crippen molar-refractivity contribution in [1.29, 1.82) is 0 Å². The lowest BCUT2D eigenvalue weighted by Crippen LogP contribution is -2.36. The number of hydrogen-bond donors (Lipinski definition) is 3. The summed E-state index contributed by atoms with van der Waals surface area (Å²) in [6.45, 7) is 6.24. The molecule has 0 aromatic carbocycles. The van der Waals surface area contributed by atoms with Gasteiger partial charge in [0.1, 0.15) is 0 Å². The van der Waals surface area contributed by atoms with Gasteiger partial charge in [-0.1, -0.05) is 20.8 Å². The summed E-state index contributed by atoms with van der Waals surface area (Å²) in [4.78, 5) is 11.8. The molecule has 4 N–H and O–H groups in total. The first-order valence-electron chi connectivity index (χ1n) is 5.96. The summed E-state index contributed by atoms with van der Waals surface area (Å²) in [5.41, 5.74) is 6.75. The van der Waals surface area contributed by atoms with Gasteiger partial charge in [-0.15, -0.1) is 0 Å². The summed E-state index contributed by atoms with van der Waals surface area (Å²) in [6.07, 6.45) is 2.66. The highest BCUT2D eigenvalue weighted by atomic mass is 32.2. The number of aromatic nitrogens is 2. The molecule has 0 aliphatic carbocycles. The second-order valence-electron chi connectivity index (χ2n) is 5.29. The number of anilines is 1. The van der Waals surface area contributed by atoms with Gasteiger partial charge in [-0.25, -0.2) is 0 Å². The summed E-state index contributed by atoms with van der Waals surface area (Å²) in [5.74, 6) is 1.23. The molecule has 0 unspecified atom stereocenters. The minimum absolute atomic E-state index is 0.0169. The standard InChI is InChI=1S/C12H22N4OS/c1-12(2,3)9-7-10(16-15-9)14-11(17)8(13)5-6-18-4/h7-8H,5-6,13H2,1-4H3,(H2,14,15,16,17)/t8-/m0/s1. The van der Waals surface area contributed by atoms with Crippen molar-refractivity contribution in [2.24, 2.45) is 5.73 Å². The van der Waals surface area contributed by atoms with E-state index in [1.807, 2.05) is 12.3 Å². The largest absolute Gasteiger partial charge is 0.320 e. The number of carbonyl (C=O) groups excluding carboxylic acids is 1. The average molecular weight is 270 g/mol. The summed E-state index contributed by atoms with van der Waals surface area (Å²) in [6, 6.07) is 1.37. The molecule has 1 aromatic rings. The minimum atomic E-state index is -0.479. The third-order valence-corrected chi connectivity index (χ3v) is 3.25. The molecule has 1 rings (SSSR count). The van der Waals surface area contributed by atoms with Crippen LogP contribution in [-0.2, 0) is 10.2 Å².